The average molecular weight is 854 g/mol. The lowest BCUT2D eigenvalue weighted by molar-refractivity contribution is -0.142. The fourth-order valence-electron chi connectivity index (χ4n) is 5.15. The first-order valence-corrected chi connectivity index (χ1v) is 45.8. The van der Waals surface area contributed by atoms with Gasteiger partial charge in [0.1, 0.15) is 0 Å². The van der Waals surface area contributed by atoms with Gasteiger partial charge in [-0.3, -0.25) is 0 Å². The minimum atomic E-state index is -4.43. The van der Waals surface area contributed by atoms with Crippen molar-refractivity contribution in [3.63, 3.8) is 0 Å². The molecule has 0 bridgehead atoms. The van der Waals surface area contributed by atoms with Gasteiger partial charge in [0, 0.05) is 25.7 Å². The molecule has 286 valence electrons. The molecule has 0 N–H and O–H groups in total. The lowest BCUT2D eigenvalue weighted by atomic mass is 10.5. The molecule has 0 saturated carbocycles. The normalized spacial score (nSPS) is 15.8. The summed E-state index contributed by atoms with van der Waals surface area (Å²) in [5, 5.41) is 0. The second-order valence-electron chi connectivity index (χ2n) is 18.3. The first kappa shape index (κ1) is 49.0. The van der Waals surface area contributed by atoms with Gasteiger partial charge in [-0.2, -0.15) is 0 Å². The largest absolute Gasteiger partial charge is 0.522 e. The van der Waals surface area contributed by atoms with Gasteiger partial charge in [0.15, 0.2) is 55.6 Å². The Hall–Kier alpha value is 1.02. The zero-order valence-electron chi connectivity index (χ0n) is 34.6. The number of esters is 1. The van der Waals surface area contributed by atoms with E-state index < -0.39 is 96.8 Å². The molecular formula is C27H72O11Si10. The molecule has 48 heavy (non-hydrogen) atoms. The number of hydrogen-bond acceptors (Lipinski definition) is 11. The van der Waals surface area contributed by atoms with E-state index in [0.717, 1.165) is 6.08 Å². The Balaban J connectivity index is 8.37. The summed E-state index contributed by atoms with van der Waals surface area (Å²) in [4.78, 5) is 13.1. The van der Waals surface area contributed by atoms with E-state index in [1.807, 2.05) is 26.6 Å². The summed E-state index contributed by atoms with van der Waals surface area (Å²) in [7, 11) is -29.2. The van der Waals surface area contributed by atoms with E-state index in [1.165, 1.54) is 0 Å². The third kappa shape index (κ3) is 20.9. The van der Waals surface area contributed by atoms with E-state index in [-0.39, 0.29) is 0 Å². The Kier molecular flexibility index (Phi) is 17.4. The van der Waals surface area contributed by atoms with E-state index in [1.54, 1.807) is 0 Å². The van der Waals surface area contributed by atoms with Gasteiger partial charge in [0.25, 0.3) is 0 Å². The van der Waals surface area contributed by atoms with Crippen LogP contribution in [0.25, 0.3) is 0 Å². The minimum Gasteiger partial charge on any atom is -0.455 e. The van der Waals surface area contributed by atoms with Crippen LogP contribution in [-0.2, 0) is 46.6 Å². The molecule has 0 aliphatic rings. The van der Waals surface area contributed by atoms with Crippen LogP contribution in [-0.4, -0.2) is 96.8 Å². The second-order valence-corrected chi connectivity index (χ2v) is 58.0. The molecule has 0 rings (SSSR count). The minimum absolute atomic E-state index is 0.297. The topological polar surface area (TPSA) is 109 Å². The fraction of sp³-hybridized carbons (Fsp3) is 0.889. The van der Waals surface area contributed by atoms with Crippen LogP contribution in [0.1, 0.15) is 13.3 Å². The molecule has 1 atom stereocenters. The first-order chi connectivity index (χ1) is 20.8. The molecule has 0 spiro atoms. The summed E-state index contributed by atoms with van der Waals surface area (Å²) in [6.45, 7) is 49.0. The van der Waals surface area contributed by atoms with E-state index >= 15 is 0 Å². The van der Waals surface area contributed by atoms with Crippen molar-refractivity contribution >= 4 is 91.1 Å². The van der Waals surface area contributed by atoms with Gasteiger partial charge < -0.3 is 41.8 Å². The molecule has 1 unspecified atom stereocenters. The maximum absolute atomic E-state index is 13.1. The second kappa shape index (κ2) is 17.0. The highest BCUT2D eigenvalue weighted by atomic mass is 28.6. The molecule has 0 aliphatic carbocycles. The van der Waals surface area contributed by atoms with Crippen LogP contribution < -0.4 is 0 Å². The summed E-state index contributed by atoms with van der Waals surface area (Å²) in [6.07, 6.45) is 1.43. The maximum atomic E-state index is 13.1. The van der Waals surface area contributed by atoms with Crippen LogP contribution in [0.3, 0.4) is 0 Å². The van der Waals surface area contributed by atoms with Crippen molar-refractivity contribution in [1.82, 2.24) is 0 Å². The van der Waals surface area contributed by atoms with Gasteiger partial charge in [-0.1, -0.05) is 13.5 Å². The Labute approximate surface area is 305 Å². The Morgan fingerprint density at radius 3 is 0.812 bits per heavy atom. The Morgan fingerprint density at radius 2 is 0.667 bits per heavy atom. The molecular weight excluding hydrogens is 781 g/mol. The molecule has 21 heteroatoms. The maximum Gasteiger partial charge on any atom is 0.522 e. The van der Waals surface area contributed by atoms with Crippen molar-refractivity contribution < 1.29 is 46.6 Å². The van der Waals surface area contributed by atoms with Gasteiger partial charge in [0.2, 0.25) is 0 Å². The summed E-state index contributed by atoms with van der Waals surface area (Å²) in [5.41, 5.74) is -1.00. The standard InChI is InChI=1S/C27H72O11Si10/c1-24-26(28)29-27(25-2)48(36-45(21,30-39(3,4)5)31-40(6,7)8,37-46(22,32-41(9,10)11)33-42(12,13)14)38-47(23,34-43(15,16)17)35-44(18,19)20/h24,27H,1,25H2,2-23H3. The summed E-state index contributed by atoms with van der Waals surface area (Å²) < 4.78 is 69.7. The smallest absolute Gasteiger partial charge is 0.455 e. The van der Waals surface area contributed by atoms with E-state index in [0.29, 0.717) is 6.42 Å². The molecule has 0 heterocycles. The SMILES string of the molecule is C=CC(=O)OC(CC)[Si](O[Si](C)(O[Si](C)(C)C)O[Si](C)(C)C)(O[Si](C)(O[Si](C)(C)C)O[Si](C)(C)C)O[Si](C)(O[Si](C)(C)C)O[Si](C)(C)C. The zero-order valence-corrected chi connectivity index (χ0v) is 44.6. The summed E-state index contributed by atoms with van der Waals surface area (Å²) in [5.74, 6) is -0.628. The molecule has 0 aliphatic heterocycles. The monoisotopic (exact) mass is 852 g/mol. The van der Waals surface area contributed by atoms with Crippen molar-refractivity contribution in [2.75, 3.05) is 0 Å². The number of carbonyl (C=O) groups is 1. The highest BCUT2D eigenvalue weighted by molar-refractivity contribution is 6.95. The van der Waals surface area contributed by atoms with Crippen molar-refractivity contribution in [1.29, 1.82) is 0 Å². The molecule has 0 fully saturated rings. The van der Waals surface area contributed by atoms with Gasteiger partial charge in [0.05, 0.1) is 0 Å². The van der Waals surface area contributed by atoms with E-state index in [9.17, 15) is 4.79 Å². The third-order valence-electron chi connectivity index (χ3n) is 5.12. The molecule has 0 aromatic heterocycles. The Morgan fingerprint density at radius 1 is 0.458 bits per heavy atom. The summed E-state index contributed by atoms with van der Waals surface area (Å²) >= 11 is 0. The average Bonchev–Trinajstić information content (AvgIpc) is 2.67. The predicted molar refractivity (Wildman–Crippen MR) is 221 cm³/mol. The molecule has 0 saturated heterocycles. The zero-order chi connectivity index (χ0) is 38.6. The molecule has 11 nitrogen and oxygen atoms in total. The van der Waals surface area contributed by atoms with Gasteiger partial charge in [-0.25, -0.2) is 4.79 Å². The van der Waals surface area contributed by atoms with Crippen molar-refractivity contribution in [2.24, 2.45) is 0 Å². The first-order valence-electron chi connectivity index (χ1n) is 16.9. The van der Waals surface area contributed by atoms with Crippen LogP contribution >= 0.6 is 0 Å². The number of hydrogen-bond donors (Lipinski definition) is 0. The highest BCUT2D eigenvalue weighted by Gasteiger charge is 2.67. The molecule has 0 aromatic rings. The highest BCUT2D eigenvalue weighted by Crippen LogP contribution is 2.38. The Bertz CT molecular complexity index is 900. The number of ether oxygens (including phenoxy) is 1. The lowest BCUT2D eigenvalue weighted by Crippen LogP contribution is -2.75. The number of carbonyl (C=O) groups excluding carboxylic acids is 1. The molecule has 0 aromatic carbocycles. The number of rotatable bonds is 22. The quantitative estimate of drug-likeness (QED) is 0.0592. The van der Waals surface area contributed by atoms with Crippen LogP contribution in [0.5, 0.6) is 0 Å². The summed E-state index contributed by atoms with van der Waals surface area (Å²) in [6, 6.07) is 0. The molecule has 0 amide bonds. The van der Waals surface area contributed by atoms with Crippen LogP contribution in [0.15, 0.2) is 12.7 Å². The van der Waals surface area contributed by atoms with Crippen LogP contribution in [0, 0.1) is 0 Å². The third-order valence-corrected chi connectivity index (χ3v) is 37.9. The van der Waals surface area contributed by atoms with Crippen molar-refractivity contribution in [2.45, 2.75) is 157 Å². The molecule has 0 radical (unpaired) electrons. The lowest BCUT2D eigenvalue weighted by Gasteiger charge is -2.50. The van der Waals surface area contributed by atoms with Gasteiger partial charge >= 0.3 is 41.2 Å². The van der Waals surface area contributed by atoms with Crippen LogP contribution in [0.4, 0.5) is 0 Å². The predicted octanol–water partition coefficient (Wildman–Crippen LogP) is 8.84. The van der Waals surface area contributed by atoms with Gasteiger partial charge in [-0.15, -0.1) is 0 Å². The fourth-order valence-corrected chi connectivity index (χ4v) is 46.9. The van der Waals surface area contributed by atoms with Crippen molar-refractivity contribution in [3.05, 3.63) is 12.7 Å². The van der Waals surface area contributed by atoms with Gasteiger partial charge in [-0.05, 0) is 124 Å². The van der Waals surface area contributed by atoms with E-state index in [4.69, 9.17) is 41.8 Å². The van der Waals surface area contributed by atoms with E-state index in [2.05, 4.69) is 124 Å². The van der Waals surface area contributed by atoms with Crippen molar-refractivity contribution in [3.8, 4) is 0 Å². The van der Waals surface area contributed by atoms with Crippen LogP contribution in [0.2, 0.25) is 137 Å².